The van der Waals surface area contributed by atoms with Gasteiger partial charge in [0, 0.05) is 0 Å². The fraction of sp³-hybridized carbons (Fsp3) is 0.222. The summed E-state index contributed by atoms with van der Waals surface area (Å²) >= 11 is 4.68. The molecule has 0 atom stereocenters. The second-order valence-electron chi connectivity index (χ2n) is 2.57. The average Bonchev–Trinajstić information content (AvgIpc) is 2.01. The Morgan fingerprint density at radius 1 is 1.58 bits per heavy atom. The summed E-state index contributed by atoms with van der Waals surface area (Å²) in [4.78, 5) is 0.372. The van der Waals surface area contributed by atoms with Crippen LogP contribution in [0.25, 0.3) is 0 Å². The second kappa shape index (κ2) is 4.07. The molecule has 0 heterocycles. The van der Waals surface area contributed by atoms with E-state index in [1.807, 2.05) is 31.2 Å². The minimum atomic E-state index is 0.304. The van der Waals surface area contributed by atoms with Crippen LogP contribution in [-0.2, 0) is 0 Å². The van der Waals surface area contributed by atoms with Crippen LogP contribution in [0.1, 0.15) is 5.56 Å². The molecule has 0 unspecified atom stereocenters. The Labute approximate surface area is 77.3 Å². The molecule has 0 saturated heterocycles. The van der Waals surface area contributed by atoms with Gasteiger partial charge in [-0.15, -0.1) is 0 Å². The summed E-state index contributed by atoms with van der Waals surface area (Å²) in [6.45, 7) is 2.31. The van der Waals surface area contributed by atoms with Gasteiger partial charge in [0.2, 0.25) is 0 Å². The number of thiocarbonyl (C=S) groups is 1. The molecule has 64 valence electrons. The summed E-state index contributed by atoms with van der Waals surface area (Å²) in [6.07, 6.45) is 0. The monoisotopic (exact) mass is 181 g/mol. The van der Waals surface area contributed by atoms with Crippen LogP contribution in [0.5, 0.6) is 5.75 Å². The van der Waals surface area contributed by atoms with Crippen molar-refractivity contribution in [1.82, 2.24) is 0 Å². The second-order valence-corrected chi connectivity index (χ2v) is 3.10. The fourth-order valence-electron chi connectivity index (χ4n) is 0.860. The van der Waals surface area contributed by atoms with Crippen LogP contribution in [0.3, 0.4) is 0 Å². The highest BCUT2D eigenvalue weighted by atomic mass is 32.1. The van der Waals surface area contributed by atoms with E-state index in [9.17, 15) is 0 Å². The zero-order valence-corrected chi connectivity index (χ0v) is 7.73. The Balaban J connectivity index is 2.57. The Kier molecular flexibility index (Phi) is 3.05. The Morgan fingerprint density at radius 2 is 2.33 bits per heavy atom. The zero-order valence-electron chi connectivity index (χ0n) is 6.91. The van der Waals surface area contributed by atoms with E-state index in [4.69, 9.17) is 10.5 Å². The summed E-state index contributed by atoms with van der Waals surface area (Å²) in [5.74, 6) is 0.808. The highest BCUT2D eigenvalue weighted by molar-refractivity contribution is 7.80. The third-order valence-corrected chi connectivity index (χ3v) is 1.49. The maximum atomic E-state index is 5.28. The van der Waals surface area contributed by atoms with E-state index in [-0.39, 0.29) is 0 Å². The van der Waals surface area contributed by atoms with Crippen molar-refractivity contribution in [2.45, 2.75) is 6.92 Å². The molecular weight excluding hydrogens is 170 g/mol. The first-order valence-electron chi connectivity index (χ1n) is 3.66. The van der Waals surface area contributed by atoms with Crippen LogP contribution in [0.15, 0.2) is 24.3 Å². The molecule has 0 aliphatic carbocycles. The van der Waals surface area contributed by atoms with Crippen molar-refractivity contribution in [2.75, 3.05) is 6.61 Å². The minimum absolute atomic E-state index is 0.304. The van der Waals surface area contributed by atoms with E-state index in [2.05, 4.69) is 12.2 Å². The van der Waals surface area contributed by atoms with Gasteiger partial charge in [0.1, 0.15) is 17.3 Å². The number of hydrogen-bond donors (Lipinski definition) is 1. The molecule has 12 heavy (non-hydrogen) atoms. The number of benzene rings is 1. The molecule has 3 heteroatoms. The molecule has 0 amide bonds. The van der Waals surface area contributed by atoms with E-state index in [1.54, 1.807) is 0 Å². The van der Waals surface area contributed by atoms with E-state index in [0.29, 0.717) is 11.6 Å². The van der Waals surface area contributed by atoms with Gasteiger partial charge in [0.05, 0.1) is 0 Å². The molecule has 2 nitrogen and oxygen atoms in total. The fourth-order valence-corrected chi connectivity index (χ4v) is 0.919. The van der Waals surface area contributed by atoms with Crippen molar-refractivity contribution in [3.8, 4) is 5.75 Å². The standard InChI is InChI=1S/C9H11NOS/c1-7-3-2-4-8(5-7)11-6-9(10)12/h2-5H,6H2,1H3,(H2,10,12). The highest BCUT2D eigenvalue weighted by Gasteiger charge is 1.93. The Bertz CT molecular complexity index is 286. The Hall–Kier alpha value is -1.09. The first-order chi connectivity index (χ1) is 5.68. The van der Waals surface area contributed by atoms with Crippen LogP contribution in [0.2, 0.25) is 0 Å². The summed E-state index contributed by atoms with van der Waals surface area (Å²) in [5.41, 5.74) is 6.45. The van der Waals surface area contributed by atoms with Crippen LogP contribution in [-0.4, -0.2) is 11.6 Å². The van der Waals surface area contributed by atoms with Crippen molar-refractivity contribution in [3.63, 3.8) is 0 Å². The number of ether oxygens (including phenoxy) is 1. The van der Waals surface area contributed by atoms with Crippen molar-refractivity contribution in [2.24, 2.45) is 5.73 Å². The molecule has 1 rings (SSSR count). The maximum Gasteiger partial charge on any atom is 0.138 e. The first-order valence-corrected chi connectivity index (χ1v) is 4.07. The van der Waals surface area contributed by atoms with Crippen LogP contribution in [0, 0.1) is 6.92 Å². The molecule has 0 radical (unpaired) electrons. The van der Waals surface area contributed by atoms with E-state index >= 15 is 0 Å². The number of hydrogen-bond acceptors (Lipinski definition) is 2. The molecule has 0 spiro atoms. The topological polar surface area (TPSA) is 35.2 Å². The zero-order chi connectivity index (χ0) is 8.97. The van der Waals surface area contributed by atoms with Crippen molar-refractivity contribution < 1.29 is 4.74 Å². The molecule has 0 saturated carbocycles. The first kappa shape index (κ1) is 9.00. The number of rotatable bonds is 3. The third-order valence-electron chi connectivity index (χ3n) is 1.37. The van der Waals surface area contributed by atoms with Crippen LogP contribution >= 0.6 is 12.2 Å². The normalized spacial score (nSPS) is 9.42. The molecule has 0 aromatic heterocycles. The lowest BCUT2D eigenvalue weighted by atomic mass is 10.2. The molecule has 2 N–H and O–H groups in total. The smallest absolute Gasteiger partial charge is 0.138 e. The molecule has 1 aromatic rings. The molecule has 0 aliphatic rings. The lowest BCUT2D eigenvalue weighted by Gasteiger charge is -2.04. The van der Waals surface area contributed by atoms with Gasteiger partial charge in [0.25, 0.3) is 0 Å². The largest absolute Gasteiger partial charge is 0.486 e. The summed E-state index contributed by atoms with van der Waals surface area (Å²) in [7, 11) is 0. The van der Waals surface area contributed by atoms with E-state index < -0.39 is 0 Å². The molecule has 0 fully saturated rings. The maximum absolute atomic E-state index is 5.28. The minimum Gasteiger partial charge on any atom is -0.486 e. The summed E-state index contributed by atoms with van der Waals surface area (Å²) < 4.78 is 5.28. The Morgan fingerprint density at radius 3 is 2.92 bits per heavy atom. The highest BCUT2D eigenvalue weighted by Crippen LogP contribution is 2.11. The average molecular weight is 181 g/mol. The van der Waals surface area contributed by atoms with Gasteiger partial charge in [-0.3, -0.25) is 0 Å². The van der Waals surface area contributed by atoms with Crippen LogP contribution < -0.4 is 10.5 Å². The van der Waals surface area contributed by atoms with E-state index in [1.165, 1.54) is 0 Å². The lowest BCUT2D eigenvalue weighted by molar-refractivity contribution is 0.377. The SMILES string of the molecule is Cc1cccc(OCC(N)=S)c1. The van der Waals surface area contributed by atoms with Crippen molar-refractivity contribution in [1.29, 1.82) is 0 Å². The summed E-state index contributed by atoms with van der Waals surface area (Å²) in [6, 6.07) is 7.77. The predicted octanol–water partition coefficient (Wildman–Crippen LogP) is 1.66. The molecular formula is C9H11NOS. The third kappa shape index (κ3) is 2.88. The van der Waals surface area contributed by atoms with Gasteiger partial charge < -0.3 is 10.5 Å². The molecule has 0 bridgehead atoms. The van der Waals surface area contributed by atoms with Gasteiger partial charge in [-0.25, -0.2) is 0 Å². The lowest BCUT2D eigenvalue weighted by Crippen LogP contribution is -2.17. The van der Waals surface area contributed by atoms with Crippen molar-refractivity contribution >= 4 is 17.2 Å². The predicted molar refractivity (Wildman–Crippen MR) is 53.5 cm³/mol. The van der Waals surface area contributed by atoms with Gasteiger partial charge >= 0.3 is 0 Å². The van der Waals surface area contributed by atoms with Crippen molar-refractivity contribution in [3.05, 3.63) is 29.8 Å². The van der Waals surface area contributed by atoms with Crippen LogP contribution in [0.4, 0.5) is 0 Å². The molecule has 0 aliphatic heterocycles. The quantitative estimate of drug-likeness (QED) is 0.720. The summed E-state index contributed by atoms with van der Waals surface area (Å²) in [5, 5.41) is 0. The van der Waals surface area contributed by atoms with Gasteiger partial charge in [-0.2, -0.15) is 0 Å². The number of nitrogens with two attached hydrogens (primary N) is 1. The van der Waals surface area contributed by atoms with Gasteiger partial charge in [0.15, 0.2) is 0 Å². The van der Waals surface area contributed by atoms with E-state index in [0.717, 1.165) is 11.3 Å². The van der Waals surface area contributed by atoms with Gasteiger partial charge in [-0.05, 0) is 24.6 Å². The molecule has 1 aromatic carbocycles. The number of aryl methyl sites for hydroxylation is 1. The van der Waals surface area contributed by atoms with Gasteiger partial charge in [-0.1, -0.05) is 24.4 Å².